The minimum absolute atomic E-state index is 0.0474. The van der Waals surface area contributed by atoms with E-state index in [9.17, 15) is 9.59 Å². The topological polar surface area (TPSA) is 69.6 Å². The van der Waals surface area contributed by atoms with Crippen LogP contribution in [0.25, 0.3) is 0 Å². The first-order valence-electron chi connectivity index (χ1n) is 6.30. The zero-order valence-electron chi connectivity index (χ0n) is 11.1. The number of amides is 1. The number of nitrogens with one attached hydrogen (secondary N) is 1. The average molecular weight is 264 g/mol. The Hall–Kier alpha value is -1.88. The summed E-state index contributed by atoms with van der Waals surface area (Å²) in [5, 5.41) is 11.3. The standard InChI is InChI=1S/C14H20N2O3/c1-15-13(17)11-16(10-8-14(18)19)9-7-12-5-3-2-4-6-12/h2-6H,7-11H2,1H3,(H,15,17)(H,18,19). The maximum Gasteiger partial charge on any atom is 0.304 e. The summed E-state index contributed by atoms with van der Waals surface area (Å²) in [4.78, 5) is 23.8. The van der Waals surface area contributed by atoms with Gasteiger partial charge in [-0.2, -0.15) is 0 Å². The number of likely N-dealkylation sites (N-methyl/N-ethyl adjacent to an activating group) is 1. The van der Waals surface area contributed by atoms with Crippen LogP contribution in [0.1, 0.15) is 12.0 Å². The van der Waals surface area contributed by atoms with Gasteiger partial charge in [-0.1, -0.05) is 30.3 Å². The minimum atomic E-state index is -0.846. The van der Waals surface area contributed by atoms with Gasteiger partial charge in [-0.25, -0.2) is 0 Å². The van der Waals surface area contributed by atoms with E-state index < -0.39 is 5.97 Å². The Kier molecular flexibility index (Phi) is 6.60. The maximum absolute atomic E-state index is 11.4. The Morgan fingerprint density at radius 3 is 2.47 bits per heavy atom. The van der Waals surface area contributed by atoms with Crippen LogP contribution in [0, 0.1) is 0 Å². The van der Waals surface area contributed by atoms with Gasteiger partial charge in [-0.3, -0.25) is 14.5 Å². The molecule has 5 nitrogen and oxygen atoms in total. The molecule has 104 valence electrons. The third-order valence-corrected chi connectivity index (χ3v) is 2.85. The van der Waals surface area contributed by atoms with E-state index in [-0.39, 0.29) is 18.9 Å². The molecule has 0 saturated heterocycles. The first kappa shape index (κ1) is 15.2. The molecular weight excluding hydrogens is 244 g/mol. The summed E-state index contributed by atoms with van der Waals surface area (Å²) in [6.07, 6.45) is 0.850. The average Bonchev–Trinajstić information content (AvgIpc) is 2.42. The van der Waals surface area contributed by atoms with Gasteiger partial charge in [-0.15, -0.1) is 0 Å². The summed E-state index contributed by atoms with van der Waals surface area (Å²) in [5.41, 5.74) is 1.18. The number of carbonyl (C=O) groups is 2. The number of hydrogen-bond acceptors (Lipinski definition) is 3. The van der Waals surface area contributed by atoms with Crippen LogP contribution in [0.5, 0.6) is 0 Å². The largest absolute Gasteiger partial charge is 0.481 e. The van der Waals surface area contributed by atoms with Crippen LogP contribution in [-0.2, 0) is 16.0 Å². The molecule has 0 unspecified atom stereocenters. The van der Waals surface area contributed by atoms with E-state index in [1.54, 1.807) is 7.05 Å². The summed E-state index contributed by atoms with van der Waals surface area (Å²) >= 11 is 0. The fourth-order valence-corrected chi connectivity index (χ4v) is 1.74. The molecule has 0 aromatic heterocycles. The lowest BCUT2D eigenvalue weighted by molar-refractivity contribution is -0.137. The van der Waals surface area contributed by atoms with E-state index >= 15 is 0 Å². The van der Waals surface area contributed by atoms with Gasteiger partial charge < -0.3 is 10.4 Å². The van der Waals surface area contributed by atoms with Crippen molar-refractivity contribution in [1.29, 1.82) is 0 Å². The van der Waals surface area contributed by atoms with Crippen molar-refractivity contribution in [3.63, 3.8) is 0 Å². The zero-order chi connectivity index (χ0) is 14.1. The lowest BCUT2D eigenvalue weighted by Gasteiger charge is -2.20. The van der Waals surface area contributed by atoms with Crippen molar-refractivity contribution in [3.05, 3.63) is 35.9 Å². The second kappa shape index (κ2) is 8.26. The number of nitrogens with zero attached hydrogens (tertiary/aromatic N) is 1. The molecule has 1 aromatic rings. The first-order chi connectivity index (χ1) is 9.11. The lowest BCUT2D eigenvalue weighted by atomic mass is 10.1. The summed E-state index contributed by atoms with van der Waals surface area (Å²) in [6.45, 7) is 1.29. The number of aliphatic carboxylic acids is 1. The number of benzene rings is 1. The zero-order valence-corrected chi connectivity index (χ0v) is 11.1. The van der Waals surface area contributed by atoms with Gasteiger partial charge in [0.25, 0.3) is 0 Å². The smallest absolute Gasteiger partial charge is 0.304 e. The van der Waals surface area contributed by atoms with Gasteiger partial charge in [0.2, 0.25) is 5.91 Å². The fraction of sp³-hybridized carbons (Fsp3) is 0.429. The maximum atomic E-state index is 11.4. The van der Waals surface area contributed by atoms with Gasteiger partial charge >= 0.3 is 5.97 Å². The molecule has 0 atom stereocenters. The molecule has 2 N–H and O–H groups in total. The molecule has 5 heteroatoms. The fourth-order valence-electron chi connectivity index (χ4n) is 1.74. The van der Waals surface area contributed by atoms with Gasteiger partial charge in [0.1, 0.15) is 0 Å². The van der Waals surface area contributed by atoms with Crippen molar-refractivity contribution >= 4 is 11.9 Å². The summed E-state index contributed by atoms with van der Waals surface area (Å²) in [7, 11) is 1.58. The molecule has 0 aliphatic heterocycles. The van der Waals surface area contributed by atoms with Crippen LogP contribution < -0.4 is 5.32 Å². The Morgan fingerprint density at radius 1 is 1.21 bits per heavy atom. The van der Waals surface area contributed by atoms with Crippen molar-refractivity contribution < 1.29 is 14.7 Å². The molecule has 0 fully saturated rings. The first-order valence-corrected chi connectivity index (χ1v) is 6.30. The number of carboxylic acids is 1. The molecule has 0 radical (unpaired) electrons. The molecule has 0 aliphatic carbocycles. The van der Waals surface area contributed by atoms with E-state index in [0.29, 0.717) is 13.1 Å². The van der Waals surface area contributed by atoms with E-state index in [4.69, 9.17) is 5.11 Å². The molecule has 1 rings (SSSR count). The van der Waals surface area contributed by atoms with Crippen molar-refractivity contribution in [2.45, 2.75) is 12.8 Å². The third-order valence-electron chi connectivity index (χ3n) is 2.85. The van der Waals surface area contributed by atoms with Crippen LogP contribution >= 0.6 is 0 Å². The monoisotopic (exact) mass is 264 g/mol. The third kappa shape index (κ3) is 6.57. The molecule has 1 aromatic carbocycles. The Balaban J connectivity index is 2.48. The Labute approximate surface area is 113 Å². The van der Waals surface area contributed by atoms with Crippen molar-refractivity contribution in [2.75, 3.05) is 26.7 Å². The van der Waals surface area contributed by atoms with Crippen LogP contribution in [0.3, 0.4) is 0 Å². The Morgan fingerprint density at radius 2 is 1.89 bits per heavy atom. The number of hydrogen-bond donors (Lipinski definition) is 2. The molecular formula is C14H20N2O3. The number of rotatable bonds is 8. The quantitative estimate of drug-likeness (QED) is 0.727. The SMILES string of the molecule is CNC(=O)CN(CCC(=O)O)CCc1ccccc1. The van der Waals surface area contributed by atoms with E-state index in [2.05, 4.69) is 5.32 Å². The predicted octanol–water partition coefficient (Wildman–Crippen LogP) is 0.752. The Bertz CT molecular complexity index is 406. The molecule has 19 heavy (non-hydrogen) atoms. The van der Waals surface area contributed by atoms with Gasteiger partial charge in [0, 0.05) is 20.1 Å². The molecule has 1 amide bonds. The van der Waals surface area contributed by atoms with Gasteiger partial charge in [-0.05, 0) is 12.0 Å². The van der Waals surface area contributed by atoms with Gasteiger partial charge in [0.05, 0.1) is 13.0 Å². The minimum Gasteiger partial charge on any atom is -0.481 e. The number of carbonyl (C=O) groups excluding carboxylic acids is 1. The molecule has 0 heterocycles. The molecule has 0 saturated carbocycles. The highest BCUT2D eigenvalue weighted by Gasteiger charge is 2.11. The molecule has 0 bridgehead atoms. The van der Waals surface area contributed by atoms with Crippen molar-refractivity contribution in [2.24, 2.45) is 0 Å². The second-order valence-electron chi connectivity index (χ2n) is 4.33. The lowest BCUT2D eigenvalue weighted by Crippen LogP contribution is -2.38. The van der Waals surface area contributed by atoms with Crippen molar-refractivity contribution in [3.8, 4) is 0 Å². The van der Waals surface area contributed by atoms with Crippen LogP contribution in [-0.4, -0.2) is 48.6 Å². The molecule has 0 spiro atoms. The van der Waals surface area contributed by atoms with E-state index in [1.165, 1.54) is 5.56 Å². The highest BCUT2D eigenvalue weighted by molar-refractivity contribution is 5.77. The predicted molar refractivity (Wildman–Crippen MR) is 72.9 cm³/mol. The highest BCUT2D eigenvalue weighted by atomic mass is 16.4. The van der Waals surface area contributed by atoms with E-state index in [0.717, 1.165) is 6.42 Å². The second-order valence-corrected chi connectivity index (χ2v) is 4.33. The number of carboxylic acid groups (broad SMARTS) is 1. The highest BCUT2D eigenvalue weighted by Crippen LogP contribution is 2.02. The van der Waals surface area contributed by atoms with Gasteiger partial charge in [0.15, 0.2) is 0 Å². The van der Waals surface area contributed by atoms with Crippen LogP contribution in [0.15, 0.2) is 30.3 Å². The summed E-state index contributed by atoms with van der Waals surface area (Å²) in [6, 6.07) is 9.94. The normalized spacial score (nSPS) is 10.4. The van der Waals surface area contributed by atoms with E-state index in [1.807, 2.05) is 35.2 Å². The van der Waals surface area contributed by atoms with Crippen molar-refractivity contribution in [1.82, 2.24) is 10.2 Å². The van der Waals surface area contributed by atoms with Crippen LogP contribution in [0.2, 0.25) is 0 Å². The summed E-state index contributed by atoms with van der Waals surface area (Å²) in [5.74, 6) is -0.944. The summed E-state index contributed by atoms with van der Waals surface area (Å²) < 4.78 is 0. The molecule has 0 aliphatic rings. The van der Waals surface area contributed by atoms with Crippen LogP contribution in [0.4, 0.5) is 0 Å².